The van der Waals surface area contributed by atoms with Gasteiger partial charge in [0.1, 0.15) is 0 Å². The molecular weight excluding hydrogens is 223 g/mol. The number of nitrogens with zero attached hydrogens (tertiary/aromatic N) is 1. The second-order valence-corrected chi connectivity index (χ2v) is 1.85. The molecule has 0 atom stereocenters. The summed E-state index contributed by atoms with van der Waals surface area (Å²) >= 11 is 2.25. The molecule has 1 heterocycles. The van der Waals surface area contributed by atoms with Crippen molar-refractivity contribution in [3.05, 3.63) is 18.7 Å². The first kappa shape index (κ1) is 9.30. The van der Waals surface area contributed by atoms with Crippen molar-refractivity contribution in [2.24, 2.45) is 0 Å². The van der Waals surface area contributed by atoms with Gasteiger partial charge in [-0.2, -0.15) is 0 Å². The second-order valence-electron chi connectivity index (χ2n) is 1.27. The Morgan fingerprint density at radius 2 is 2.40 bits per heavy atom. The van der Waals surface area contributed by atoms with Crippen molar-refractivity contribution in [1.29, 1.82) is 0 Å². The molecule has 1 aromatic heterocycles. The van der Waals surface area contributed by atoms with Gasteiger partial charge in [-0.05, 0) is 0 Å². The van der Waals surface area contributed by atoms with Crippen LogP contribution < -0.4 is 0 Å². The van der Waals surface area contributed by atoms with Crippen LogP contribution >= 0.6 is 0 Å². The number of nitrogens with one attached hydrogen (secondary N) is 1. The van der Waals surface area contributed by atoms with Crippen LogP contribution in [0.3, 0.4) is 0 Å². The minimum Gasteiger partial charge on any atom is -0.351 e. The van der Waals surface area contributed by atoms with Gasteiger partial charge in [0, 0.05) is 12.4 Å². The van der Waals surface area contributed by atoms with Crippen molar-refractivity contribution in [2.75, 3.05) is 0 Å². The molecule has 0 bridgehead atoms. The molecule has 0 spiro atoms. The zero-order valence-electron chi connectivity index (χ0n) is 5.08. The molecule has 0 amide bonds. The zero-order valence-corrected chi connectivity index (χ0v) is 6.71. The Balaban J connectivity index is 0.000000162. The van der Waals surface area contributed by atoms with Gasteiger partial charge in [-0.1, -0.05) is 0 Å². The van der Waals surface area contributed by atoms with Crippen LogP contribution in [0.2, 0.25) is 5.02 Å². The van der Waals surface area contributed by atoms with Gasteiger partial charge in [-0.25, -0.2) is 4.98 Å². The standard InChI is InChI=1S/C3H4N2.C2H3O2.Rh/c1-2-5-3-4-1;1-2(3)4;/h1-3H,(H,4,5);1H2,(H,3,4);. The molecule has 0 aliphatic rings. The van der Waals surface area contributed by atoms with Crippen LogP contribution in [0.1, 0.15) is 0 Å². The number of carboxylic acid groups (broad SMARTS) is 1. The van der Waals surface area contributed by atoms with Gasteiger partial charge in [-0.15, -0.1) is 0 Å². The number of aromatic amines is 1. The third kappa shape index (κ3) is 7.30. The molecular formula is C5H7N2O2Rh. The van der Waals surface area contributed by atoms with Crippen LogP contribution in [0.15, 0.2) is 18.7 Å². The molecule has 0 radical (unpaired) electrons. The van der Waals surface area contributed by atoms with Crippen LogP contribution in [0.25, 0.3) is 0 Å². The Labute approximate surface area is 68.4 Å². The van der Waals surface area contributed by atoms with Gasteiger partial charge in [0.2, 0.25) is 0 Å². The largest absolute Gasteiger partial charge is 0.351 e. The van der Waals surface area contributed by atoms with Gasteiger partial charge < -0.3 is 4.98 Å². The molecule has 0 saturated carbocycles. The predicted octanol–water partition coefficient (Wildman–Crippen LogP) is 0.446. The third-order valence-electron chi connectivity index (χ3n) is 0.507. The number of aliphatic carboxylic acids is 1. The summed E-state index contributed by atoms with van der Waals surface area (Å²) in [6, 6.07) is 0. The summed E-state index contributed by atoms with van der Waals surface area (Å²) in [7, 11) is 0. The molecule has 0 aliphatic heterocycles. The average Bonchev–Trinajstić information content (AvgIpc) is 2.43. The number of imidazole rings is 1. The van der Waals surface area contributed by atoms with E-state index in [9.17, 15) is 4.79 Å². The number of carboxylic acids is 1. The molecule has 1 rings (SSSR count). The Morgan fingerprint density at radius 1 is 1.80 bits per heavy atom. The van der Waals surface area contributed by atoms with Crippen molar-refractivity contribution >= 4 is 5.97 Å². The van der Waals surface area contributed by atoms with Gasteiger partial charge in [-0.3, -0.25) is 0 Å². The van der Waals surface area contributed by atoms with E-state index in [2.05, 4.69) is 28.3 Å². The number of aromatic nitrogens is 2. The van der Waals surface area contributed by atoms with E-state index in [0.29, 0.717) is 0 Å². The summed E-state index contributed by atoms with van der Waals surface area (Å²) in [4.78, 5) is 15.8. The van der Waals surface area contributed by atoms with Gasteiger partial charge in [0.15, 0.2) is 0 Å². The summed E-state index contributed by atoms with van der Waals surface area (Å²) in [6.07, 6.45) is 5.08. The van der Waals surface area contributed by atoms with E-state index in [1.54, 1.807) is 18.7 Å². The van der Waals surface area contributed by atoms with E-state index in [1.807, 2.05) is 0 Å². The van der Waals surface area contributed by atoms with E-state index >= 15 is 0 Å². The van der Waals surface area contributed by atoms with Crippen molar-refractivity contribution in [3.63, 3.8) is 0 Å². The maximum Gasteiger partial charge on any atom is 0.0919 e. The molecule has 58 valence electrons. The maximum atomic E-state index is 9.34. The molecule has 0 aromatic carbocycles. The Hall–Kier alpha value is -0.697. The van der Waals surface area contributed by atoms with Crippen LogP contribution in [-0.4, -0.2) is 21.0 Å². The van der Waals surface area contributed by atoms with Gasteiger partial charge in [0.05, 0.1) is 6.33 Å². The molecule has 1 aromatic rings. The number of H-pyrrole nitrogens is 1. The number of carbonyl (C=O) groups is 1. The zero-order chi connectivity index (χ0) is 7.82. The van der Waals surface area contributed by atoms with Crippen LogP contribution in [0.4, 0.5) is 0 Å². The summed E-state index contributed by atoms with van der Waals surface area (Å²) in [5.41, 5.74) is 0. The van der Waals surface area contributed by atoms with Gasteiger partial charge in [0.25, 0.3) is 0 Å². The third-order valence-corrected chi connectivity index (χ3v) is 1.00. The van der Waals surface area contributed by atoms with E-state index in [4.69, 9.17) is 5.11 Å². The molecule has 0 unspecified atom stereocenters. The minimum absolute atomic E-state index is 0.112. The number of hydrogen-bond donors (Lipinski definition) is 2. The molecule has 0 saturated heterocycles. The van der Waals surface area contributed by atoms with E-state index in [0.717, 1.165) is 0 Å². The second kappa shape index (κ2) is 6.42. The molecule has 10 heavy (non-hydrogen) atoms. The van der Waals surface area contributed by atoms with Gasteiger partial charge >= 0.3 is 39.2 Å². The normalized spacial score (nSPS) is 7.80. The Morgan fingerprint density at radius 3 is 2.50 bits per heavy atom. The molecule has 0 fully saturated rings. The van der Waals surface area contributed by atoms with Crippen molar-refractivity contribution in [2.45, 2.75) is 5.02 Å². The summed E-state index contributed by atoms with van der Waals surface area (Å²) in [6.45, 7) is 0. The molecule has 2 N–H and O–H groups in total. The summed E-state index contributed by atoms with van der Waals surface area (Å²) in [5, 5.41) is 7.81. The van der Waals surface area contributed by atoms with Crippen molar-refractivity contribution in [1.82, 2.24) is 9.97 Å². The number of hydrogen-bond acceptors (Lipinski definition) is 2. The topological polar surface area (TPSA) is 66.0 Å². The molecule has 0 aliphatic carbocycles. The van der Waals surface area contributed by atoms with E-state index < -0.39 is 5.97 Å². The fourth-order valence-electron chi connectivity index (χ4n) is 0.215. The van der Waals surface area contributed by atoms with Crippen molar-refractivity contribution < 1.29 is 28.2 Å². The average molecular weight is 230 g/mol. The summed E-state index contributed by atoms with van der Waals surface area (Å²) < 4.78 is 0. The van der Waals surface area contributed by atoms with Crippen molar-refractivity contribution in [3.8, 4) is 0 Å². The van der Waals surface area contributed by atoms with Crippen LogP contribution in [0, 0.1) is 0 Å². The SMILES string of the molecule is O=C(O)[CH2][Rh].c1c[nH]cn1. The smallest absolute Gasteiger partial charge is 0.0919 e. The van der Waals surface area contributed by atoms with E-state index in [-0.39, 0.29) is 5.02 Å². The maximum absolute atomic E-state index is 9.34. The molecule has 4 nitrogen and oxygen atoms in total. The first-order valence-corrected chi connectivity index (χ1v) is 3.60. The Bertz CT molecular complexity index is 147. The first-order chi connectivity index (χ1) is 4.77. The van der Waals surface area contributed by atoms with Crippen LogP contribution in [-0.2, 0) is 23.1 Å². The molecule has 5 heteroatoms. The monoisotopic (exact) mass is 230 g/mol. The predicted molar refractivity (Wildman–Crippen MR) is 31.0 cm³/mol. The fourth-order valence-corrected chi connectivity index (χ4v) is 0.215. The minimum atomic E-state index is -0.794. The fraction of sp³-hybridized carbons (Fsp3) is 0.200. The Kier molecular flexibility index (Phi) is 5.98. The summed E-state index contributed by atoms with van der Waals surface area (Å²) in [5.74, 6) is -0.794. The quantitative estimate of drug-likeness (QED) is 0.688. The van der Waals surface area contributed by atoms with E-state index in [1.165, 1.54) is 0 Å². The van der Waals surface area contributed by atoms with Crippen LogP contribution in [0.5, 0.6) is 0 Å². The number of rotatable bonds is 1. The first-order valence-electron chi connectivity index (χ1n) is 2.44.